The number of β-amino-alcohol motifs (C(OH)–C–C–N with tert-alkyl or cyclic N) is 1. The van der Waals surface area contributed by atoms with E-state index >= 15 is 0 Å². The summed E-state index contributed by atoms with van der Waals surface area (Å²) in [6, 6.07) is 11.2. The lowest BCUT2D eigenvalue weighted by molar-refractivity contribution is -0.173. The Morgan fingerprint density at radius 3 is 2.56 bits per heavy atom. The molecule has 6 atom stereocenters. The molecule has 1 spiro atoms. The number of carbonyl (C=O) groups is 1. The Morgan fingerprint density at radius 1 is 1.04 bits per heavy atom. The van der Waals surface area contributed by atoms with Gasteiger partial charge in [-0.2, -0.15) is 0 Å². The van der Waals surface area contributed by atoms with Crippen LogP contribution in [-0.4, -0.2) is 80.4 Å². The summed E-state index contributed by atoms with van der Waals surface area (Å²) in [6.07, 6.45) is 5.92. The molecule has 8 nitrogen and oxygen atoms in total. The van der Waals surface area contributed by atoms with E-state index in [4.69, 9.17) is 16.3 Å². The van der Waals surface area contributed by atoms with Gasteiger partial charge >= 0.3 is 0 Å². The summed E-state index contributed by atoms with van der Waals surface area (Å²) in [6.45, 7) is 4.51. The molecule has 2 aliphatic carbocycles. The van der Waals surface area contributed by atoms with Gasteiger partial charge in [0.1, 0.15) is 5.75 Å². The fourth-order valence-corrected chi connectivity index (χ4v) is 10.6. The standard InChI is InChI=1S/C36H46ClF2N3O5S/c1-23-5-3-14-35(44,19-41-20-36(38,39)21-41)30-10-7-27(30)17-42-18-34(13-4-6-25-15-28(37)9-11-29(25)34)22-47-32-12-8-26(16-31(32)42)33(43)40-48(45,46)24(23)2/h8-9,11-12,15-16,23-24,27,30,44H,3-7,10,13-14,17-22H2,1-2H3,(H,40,43)/t23-,24+,27-,30+,34-,35-/m0/s1. The van der Waals surface area contributed by atoms with Gasteiger partial charge in [0.15, 0.2) is 0 Å². The number of aryl methyl sites for hydroxylation is 1. The highest BCUT2D eigenvalue weighted by molar-refractivity contribution is 7.90. The van der Waals surface area contributed by atoms with Crippen molar-refractivity contribution in [3.63, 3.8) is 0 Å². The fourth-order valence-electron chi connectivity index (χ4n) is 9.07. The SMILES string of the molecule is C[C@@H]1[C@@H](C)CCC[C@](O)(CN2CC(F)(F)C2)[C@@H]2CC[C@H]2CN2C[C@@]3(CCCc4cc(Cl)ccc43)COc3ccc(cc32)C(=O)NS1(=O)=O. The molecule has 2 fully saturated rings. The van der Waals surface area contributed by atoms with Crippen molar-refractivity contribution in [3.8, 4) is 5.75 Å². The number of anilines is 1. The topological polar surface area (TPSA) is 99.2 Å². The molecule has 3 heterocycles. The van der Waals surface area contributed by atoms with Crippen LogP contribution in [-0.2, 0) is 21.9 Å². The molecule has 0 aromatic heterocycles. The number of rotatable bonds is 2. The van der Waals surface area contributed by atoms with Gasteiger partial charge < -0.3 is 14.7 Å². The Morgan fingerprint density at radius 2 is 1.83 bits per heavy atom. The van der Waals surface area contributed by atoms with Gasteiger partial charge in [0, 0.05) is 35.6 Å². The van der Waals surface area contributed by atoms with E-state index in [1.54, 1.807) is 30.0 Å². The Hall–Kier alpha value is -2.47. The maximum absolute atomic E-state index is 13.9. The third kappa shape index (κ3) is 6.33. The predicted octanol–water partition coefficient (Wildman–Crippen LogP) is 5.79. The molecule has 3 aliphatic heterocycles. The van der Waals surface area contributed by atoms with Crippen molar-refractivity contribution in [1.29, 1.82) is 0 Å². The molecule has 1 saturated heterocycles. The smallest absolute Gasteiger partial charge is 0.272 e. The second kappa shape index (κ2) is 12.4. The largest absolute Gasteiger partial charge is 0.490 e. The third-order valence-electron chi connectivity index (χ3n) is 12.1. The summed E-state index contributed by atoms with van der Waals surface area (Å²) < 4.78 is 63.5. The number of nitrogens with zero attached hydrogens (tertiary/aromatic N) is 2. The molecule has 0 unspecified atom stereocenters. The minimum atomic E-state index is -4.01. The van der Waals surface area contributed by atoms with Crippen molar-refractivity contribution in [2.24, 2.45) is 17.8 Å². The number of amides is 1. The van der Waals surface area contributed by atoms with E-state index < -0.39 is 32.7 Å². The Bertz CT molecular complexity index is 1690. The highest BCUT2D eigenvalue weighted by Gasteiger charge is 2.53. The molecule has 7 rings (SSSR count). The number of benzene rings is 2. The quantitative estimate of drug-likeness (QED) is 0.408. The lowest BCUT2D eigenvalue weighted by Crippen LogP contribution is -2.63. The number of likely N-dealkylation sites (tertiary alicyclic amines) is 1. The number of aliphatic hydroxyl groups is 1. The number of alkyl halides is 2. The summed E-state index contributed by atoms with van der Waals surface area (Å²) in [5.74, 6) is -3.11. The minimum absolute atomic E-state index is 0.0928. The molecule has 262 valence electrons. The van der Waals surface area contributed by atoms with E-state index in [-0.39, 0.29) is 48.4 Å². The predicted molar refractivity (Wildman–Crippen MR) is 182 cm³/mol. The molecule has 12 heteroatoms. The molecular formula is C36H46ClF2N3O5S. The monoisotopic (exact) mass is 705 g/mol. The Kier molecular flexibility index (Phi) is 8.78. The molecule has 2 aromatic carbocycles. The van der Waals surface area contributed by atoms with Crippen LogP contribution in [0.4, 0.5) is 14.5 Å². The molecule has 0 radical (unpaired) electrons. The average Bonchev–Trinajstić information content (AvgIpc) is 3.14. The summed E-state index contributed by atoms with van der Waals surface area (Å²) >= 11 is 6.42. The highest BCUT2D eigenvalue weighted by atomic mass is 35.5. The first-order chi connectivity index (χ1) is 22.7. The zero-order valence-corrected chi connectivity index (χ0v) is 29.3. The average molecular weight is 706 g/mol. The molecule has 5 aliphatic rings. The van der Waals surface area contributed by atoms with Crippen molar-refractivity contribution < 1.29 is 31.8 Å². The first-order valence-corrected chi connectivity index (χ1v) is 19.3. The molecular weight excluding hydrogens is 660 g/mol. The summed E-state index contributed by atoms with van der Waals surface area (Å²) in [5, 5.41) is 12.2. The van der Waals surface area contributed by atoms with Crippen LogP contribution in [0.25, 0.3) is 0 Å². The second-order valence-electron chi connectivity index (χ2n) is 15.4. The molecule has 2 aromatic rings. The van der Waals surface area contributed by atoms with Crippen molar-refractivity contribution in [3.05, 3.63) is 58.1 Å². The lowest BCUT2D eigenvalue weighted by atomic mass is 9.62. The van der Waals surface area contributed by atoms with Gasteiger partial charge in [-0.3, -0.25) is 9.69 Å². The van der Waals surface area contributed by atoms with Gasteiger partial charge in [0.25, 0.3) is 11.8 Å². The van der Waals surface area contributed by atoms with Gasteiger partial charge in [-0.05, 0) is 111 Å². The van der Waals surface area contributed by atoms with Gasteiger partial charge in [-0.15, -0.1) is 0 Å². The highest BCUT2D eigenvalue weighted by Crippen LogP contribution is 2.49. The van der Waals surface area contributed by atoms with Crippen LogP contribution in [0.1, 0.15) is 80.3 Å². The van der Waals surface area contributed by atoms with Crippen molar-refractivity contribution in [2.45, 2.75) is 87.4 Å². The molecule has 48 heavy (non-hydrogen) atoms. The number of hydrogen-bond donors (Lipinski definition) is 2. The van der Waals surface area contributed by atoms with Gasteiger partial charge in [-0.1, -0.05) is 31.0 Å². The van der Waals surface area contributed by atoms with E-state index in [1.165, 1.54) is 11.1 Å². The van der Waals surface area contributed by atoms with Gasteiger partial charge in [0.2, 0.25) is 10.0 Å². The van der Waals surface area contributed by atoms with Crippen LogP contribution >= 0.6 is 11.6 Å². The van der Waals surface area contributed by atoms with Gasteiger partial charge in [-0.25, -0.2) is 21.9 Å². The van der Waals surface area contributed by atoms with Crippen molar-refractivity contribution >= 4 is 33.2 Å². The zero-order chi connectivity index (χ0) is 34.1. The maximum Gasteiger partial charge on any atom is 0.272 e. The van der Waals surface area contributed by atoms with E-state index in [2.05, 4.69) is 15.7 Å². The van der Waals surface area contributed by atoms with Crippen LogP contribution in [0.15, 0.2) is 36.4 Å². The maximum atomic E-state index is 13.9. The normalized spacial score (nSPS) is 34.8. The number of carbonyl (C=O) groups excluding carboxylic acids is 1. The number of hydrogen-bond acceptors (Lipinski definition) is 7. The van der Waals surface area contributed by atoms with E-state index in [0.29, 0.717) is 55.4 Å². The lowest BCUT2D eigenvalue weighted by Gasteiger charge is -2.53. The molecule has 1 amide bonds. The van der Waals surface area contributed by atoms with Crippen LogP contribution in [0.2, 0.25) is 5.02 Å². The Labute approximate surface area is 287 Å². The fraction of sp³-hybridized carbons (Fsp3) is 0.639. The van der Waals surface area contributed by atoms with Crippen LogP contribution in [0.3, 0.4) is 0 Å². The van der Waals surface area contributed by atoms with Crippen LogP contribution < -0.4 is 14.4 Å². The third-order valence-corrected chi connectivity index (χ3v) is 14.2. The van der Waals surface area contributed by atoms with E-state index in [9.17, 15) is 27.1 Å². The van der Waals surface area contributed by atoms with Gasteiger partial charge in [0.05, 0.1) is 36.2 Å². The van der Waals surface area contributed by atoms with E-state index in [1.807, 2.05) is 19.1 Å². The zero-order valence-electron chi connectivity index (χ0n) is 27.7. The summed E-state index contributed by atoms with van der Waals surface area (Å²) in [7, 11) is -4.01. The number of nitrogens with one attached hydrogen (secondary N) is 1. The van der Waals surface area contributed by atoms with Crippen LogP contribution in [0, 0.1) is 17.8 Å². The van der Waals surface area contributed by atoms with Crippen molar-refractivity contribution in [1.82, 2.24) is 9.62 Å². The molecule has 1 saturated carbocycles. The summed E-state index contributed by atoms with van der Waals surface area (Å²) in [5.41, 5.74) is 1.80. The first kappa shape index (κ1) is 34.0. The van der Waals surface area contributed by atoms with Crippen LogP contribution in [0.5, 0.6) is 5.75 Å². The number of fused-ring (bicyclic) bond motifs is 4. The number of sulfonamides is 1. The molecule has 2 N–H and O–H groups in total. The molecule has 2 bridgehead atoms. The Balaban J connectivity index is 1.28. The number of halogens is 3. The minimum Gasteiger partial charge on any atom is -0.490 e. The van der Waals surface area contributed by atoms with E-state index in [0.717, 1.165) is 32.1 Å². The first-order valence-electron chi connectivity index (χ1n) is 17.4. The number of ether oxygens (including phenoxy) is 1. The summed E-state index contributed by atoms with van der Waals surface area (Å²) in [4.78, 5) is 17.4. The second-order valence-corrected chi connectivity index (χ2v) is 17.9. The van der Waals surface area contributed by atoms with Crippen molar-refractivity contribution in [2.75, 3.05) is 44.2 Å².